The summed E-state index contributed by atoms with van der Waals surface area (Å²) in [6.45, 7) is 5.72. The lowest BCUT2D eigenvalue weighted by molar-refractivity contribution is 0.739. The second-order valence-corrected chi connectivity index (χ2v) is 8.18. The highest BCUT2D eigenvalue weighted by Crippen LogP contribution is 2.22. The number of aromatic nitrogens is 2. The quantitative estimate of drug-likeness (QED) is 0.393. The van der Waals surface area contributed by atoms with Crippen LogP contribution in [0.2, 0.25) is 0 Å². The number of benzene rings is 1. The van der Waals surface area contributed by atoms with Crippen molar-refractivity contribution < 1.29 is 0 Å². The summed E-state index contributed by atoms with van der Waals surface area (Å²) in [5, 5.41) is 8.96. The molecular weight excluding hydrogens is 350 g/mol. The van der Waals surface area contributed by atoms with Crippen molar-refractivity contribution in [2.45, 2.75) is 33.2 Å². The molecule has 0 radical (unpaired) electrons. The van der Waals surface area contributed by atoms with E-state index in [1.807, 2.05) is 13.0 Å². The first kappa shape index (κ1) is 17.8. The molecule has 25 heavy (non-hydrogen) atoms. The highest BCUT2D eigenvalue weighted by molar-refractivity contribution is 7.18. The number of guanidine groups is 1. The third-order valence-electron chi connectivity index (χ3n) is 3.90. The zero-order valence-corrected chi connectivity index (χ0v) is 16.4. The van der Waals surface area contributed by atoms with Crippen LogP contribution in [0.3, 0.4) is 0 Å². The zero-order chi connectivity index (χ0) is 17.6. The van der Waals surface area contributed by atoms with Crippen LogP contribution in [-0.2, 0) is 13.0 Å². The fourth-order valence-electron chi connectivity index (χ4n) is 2.47. The van der Waals surface area contributed by atoms with Gasteiger partial charge >= 0.3 is 0 Å². The fourth-order valence-corrected chi connectivity index (χ4v) is 4.35. The summed E-state index contributed by atoms with van der Waals surface area (Å²) in [5.41, 5.74) is 2.21. The smallest absolute Gasteiger partial charge is 0.191 e. The summed E-state index contributed by atoms with van der Waals surface area (Å²) in [5.74, 6) is 0.815. The number of rotatable bonds is 6. The monoisotopic (exact) mass is 373 g/mol. The number of hydrogen-bond donors (Lipinski definition) is 2. The first-order valence-corrected chi connectivity index (χ1v) is 10.0. The molecular formula is C18H23N5S2. The molecule has 0 aliphatic rings. The number of aliphatic imine (C=N–C) groups is 1. The van der Waals surface area contributed by atoms with Crippen LogP contribution >= 0.6 is 22.7 Å². The molecule has 5 nitrogen and oxygen atoms in total. The summed E-state index contributed by atoms with van der Waals surface area (Å²) in [6.07, 6.45) is 2.00. The molecule has 0 aliphatic carbocycles. The maximum Gasteiger partial charge on any atom is 0.191 e. The minimum atomic E-state index is 0.705. The van der Waals surface area contributed by atoms with Crippen molar-refractivity contribution >= 4 is 38.8 Å². The Morgan fingerprint density at radius 1 is 1.08 bits per heavy atom. The Labute approximate surface area is 156 Å². The third-order valence-corrected chi connectivity index (χ3v) is 6.07. The van der Waals surface area contributed by atoms with Gasteiger partial charge in [-0.2, -0.15) is 0 Å². The second-order valence-electron chi connectivity index (χ2n) is 5.78. The molecule has 0 saturated heterocycles. The lowest BCUT2D eigenvalue weighted by Gasteiger charge is -2.10. The highest BCUT2D eigenvalue weighted by atomic mass is 32.1. The van der Waals surface area contributed by atoms with Gasteiger partial charge in [0.15, 0.2) is 5.96 Å². The van der Waals surface area contributed by atoms with E-state index in [0.717, 1.165) is 41.6 Å². The van der Waals surface area contributed by atoms with Crippen molar-refractivity contribution in [2.75, 3.05) is 13.6 Å². The molecule has 0 atom stereocenters. The van der Waals surface area contributed by atoms with E-state index >= 15 is 0 Å². The Morgan fingerprint density at radius 2 is 1.92 bits per heavy atom. The molecule has 0 saturated carbocycles. The van der Waals surface area contributed by atoms with E-state index in [2.05, 4.69) is 50.7 Å². The van der Waals surface area contributed by atoms with Crippen LogP contribution in [0, 0.1) is 13.8 Å². The normalized spacial score (nSPS) is 11.9. The molecule has 2 heterocycles. The molecule has 0 bridgehead atoms. The predicted molar refractivity (Wildman–Crippen MR) is 108 cm³/mol. The average molecular weight is 374 g/mol. The standard InChI is InChI=1S/C18H23N5S2/c1-12-13(2)24-17(22-12)11-21-18(19-3)20-10-6-9-16-23-14-7-4-5-8-15(14)25-16/h4-5,7-8H,6,9-11H2,1-3H3,(H2,19,20,21). The summed E-state index contributed by atoms with van der Waals surface area (Å²) in [7, 11) is 1.79. The van der Waals surface area contributed by atoms with E-state index < -0.39 is 0 Å². The average Bonchev–Trinajstić information content (AvgIpc) is 3.17. The second kappa shape index (κ2) is 8.40. The van der Waals surface area contributed by atoms with Crippen LogP contribution in [0.1, 0.15) is 27.0 Å². The van der Waals surface area contributed by atoms with Gasteiger partial charge in [-0.05, 0) is 32.4 Å². The third kappa shape index (κ3) is 4.76. The van der Waals surface area contributed by atoms with Crippen LogP contribution in [0.5, 0.6) is 0 Å². The Bertz CT molecular complexity index is 813. The zero-order valence-electron chi connectivity index (χ0n) is 14.8. The topological polar surface area (TPSA) is 62.2 Å². The van der Waals surface area contributed by atoms with Crippen LogP contribution in [0.25, 0.3) is 10.2 Å². The van der Waals surface area contributed by atoms with Gasteiger partial charge in [-0.15, -0.1) is 22.7 Å². The van der Waals surface area contributed by atoms with Crippen LogP contribution < -0.4 is 10.6 Å². The number of fused-ring (bicyclic) bond motifs is 1. The van der Waals surface area contributed by atoms with E-state index in [1.165, 1.54) is 14.6 Å². The molecule has 0 amide bonds. The summed E-state index contributed by atoms with van der Waals surface area (Å²) >= 11 is 3.51. The minimum Gasteiger partial charge on any atom is -0.356 e. The molecule has 3 aromatic rings. The molecule has 0 fully saturated rings. The van der Waals surface area contributed by atoms with Crippen LogP contribution in [0.4, 0.5) is 0 Å². The predicted octanol–water partition coefficient (Wildman–Crippen LogP) is 3.67. The molecule has 0 unspecified atom stereocenters. The van der Waals surface area contributed by atoms with Gasteiger partial charge in [0.25, 0.3) is 0 Å². The molecule has 2 aromatic heterocycles. The van der Waals surface area contributed by atoms with E-state index in [9.17, 15) is 0 Å². The molecule has 132 valence electrons. The Kier molecular flexibility index (Phi) is 5.99. The molecule has 0 aliphatic heterocycles. The maximum atomic E-state index is 4.67. The summed E-state index contributed by atoms with van der Waals surface area (Å²) in [4.78, 5) is 14.8. The summed E-state index contributed by atoms with van der Waals surface area (Å²) in [6, 6.07) is 8.30. The van der Waals surface area contributed by atoms with E-state index in [4.69, 9.17) is 0 Å². The molecule has 3 rings (SSSR count). The number of nitrogens with zero attached hydrogens (tertiary/aromatic N) is 3. The van der Waals surface area contributed by atoms with Crippen molar-refractivity contribution in [2.24, 2.45) is 4.99 Å². The summed E-state index contributed by atoms with van der Waals surface area (Å²) < 4.78 is 1.26. The number of aryl methyl sites for hydroxylation is 3. The molecule has 1 aromatic carbocycles. The van der Waals surface area contributed by atoms with Gasteiger partial charge in [-0.25, -0.2) is 9.97 Å². The maximum absolute atomic E-state index is 4.67. The number of nitrogens with one attached hydrogen (secondary N) is 2. The van der Waals surface area contributed by atoms with Gasteiger partial charge in [0.1, 0.15) is 5.01 Å². The van der Waals surface area contributed by atoms with Crippen molar-refractivity contribution in [1.29, 1.82) is 0 Å². The van der Waals surface area contributed by atoms with Gasteiger partial charge in [0.05, 0.1) is 27.5 Å². The van der Waals surface area contributed by atoms with E-state index in [1.54, 1.807) is 29.7 Å². The van der Waals surface area contributed by atoms with Crippen molar-refractivity contribution in [1.82, 2.24) is 20.6 Å². The fraction of sp³-hybridized carbons (Fsp3) is 0.389. The molecule has 7 heteroatoms. The number of hydrogen-bond acceptors (Lipinski definition) is 5. The van der Waals surface area contributed by atoms with Gasteiger partial charge in [-0.1, -0.05) is 12.1 Å². The van der Waals surface area contributed by atoms with E-state index in [0.29, 0.717) is 6.54 Å². The van der Waals surface area contributed by atoms with Crippen LogP contribution in [0.15, 0.2) is 29.3 Å². The van der Waals surface area contributed by atoms with Gasteiger partial charge in [-0.3, -0.25) is 4.99 Å². The highest BCUT2D eigenvalue weighted by Gasteiger charge is 2.06. The lowest BCUT2D eigenvalue weighted by atomic mass is 10.3. The SMILES string of the molecule is CN=C(NCCCc1nc2ccccc2s1)NCc1nc(C)c(C)s1. The van der Waals surface area contributed by atoms with Crippen molar-refractivity contribution in [3.63, 3.8) is 0 Å². The lowest BCUT2D eigenvalue weighted by Crippen LogP contribution is -2.37. The minimum absolute atomic E-state index is 0.705. The molecule has 2 N–H and O–H groups in total. The van der Waals surface area contributed by atoms with Crippen molar-refractivity contribution in [3.05, 3.63) is 44.9 Å². The van der Waals surface area contributed by atoms with Gasteiger partial charge in [0.2, 0.25) is 0 Å². The number of thiazole rings is 2. The van der Waals surface area contributed by atoms with Gasteiger partial charge < -0.3 is 10.6 Å². The largest absolute Gasteiger partial charge is 0.356 e. The first-order chi connectivity index (χ1) is 12.2. The Morgan fingerprint density at radius 3 is 2.64 bits per heavy atom. The van der Waals surface area contributed by atoms with Crippen molar-refractivity contribution in [3.8, 4) is 0 Å². The number of para-hydroxylation sites is 1. The molecule has 0 spiro atoms. The van der Waals surface area contributed by atoms with Gasteiger partial charge in [0, 0.05) is 24.9 Å². The Hall–Kier alpha value is -1.99. The van der Waals surface area contributed by atoms with E-state index in [-0.39, 0.29) is 0 Å². The first-order valence-electron chi connectivity index (χ1n) is 8.37. The Balaban J connectivity index is 1.42. The van der Waals surface area contributed by atoms with Crippen LogP contribution in [-0.4, -0.2) is 29.5 Å².